The average Bonchev–Trinajstić information content (AvgIpc) is 2.72. The molecule has 0 unspecified atom stereocenters. The molecule has 0 heterocycles. The van der Waals surface area contributed by atoms with E-state index in [4.69, 9.17) is 4.74 Å². The molecule has 152 valence electrons. The van der Waals surface area contributed by atoms with Gasteiger partial charge in [0.15, 0.2) is 0 Å². The van der Waals surface area contributed by atoms with E-state index in [1.54, 1.807) is 24.3 Å². The van der Waals surface area contributed by atoms with Crippen molar-refractivity contribution in [1.29, 1.82) is 5.26 Å². The number of ether oxygens (including phenoxy) is 1. The van der Waals surface area contributed by atoms with E-state index >= 15 is 0 Å². The van der Waals surface area contributed by atoms with E-state index in [1.807, 2.05) is 32.0 Å². The van der Waals surface area contributed by atoms with Crippen LogP contribution in [-0.2, 0) is 4.79 Å². The van der Waals surface area contributed by atoms with Crippen molar-refractivity contribution < 1.29 is 9.53 Å². The molecule has 0 saturated heterocycles. The lowest BCUT2D eigenvalue weighted by Gasteiger charge is -2.22. The first kappa shape index (κ1) is 21.8. The fourth-order valence-electron chi connectivity index (χ4n) is 2.89. The minimum absolute atomic E-state index is 0.00824. The molecule has 1 amide bonds. The number of nitrogens with zero attached hydrogens (tertiary/aromatic N) is 2. The number of carbonyl (C=O) groups excluding carboxylic acids is 1. The standard InChI is InChI=1S/C23H28N4O2/c1-5-27(6-2)20-10-13-22(17(4)14-20)25-16-18(15-24)23(28)26-19-8-11-21(12-9-19)29-7-3/h8-14,16,25H,5-7H2,1-4H3,(H,26,28)/b18-16-. The third-order valence-corrected chi connectivity index (χ3v) is 4.50. The minimum Gasteiger partial charge on any atom is -0.494 e. The summed E-state index contributed by atoms with van der Waals surface area (Å²) in [6, 6.07) is 15.0. The Labute approximate surface area is 172 Å². The Hall–Kier alpha value is -3.46. The predicted octanol–water partition coefficient (Wildman–Crippen LogP) is 4.70. The lowest BCUT2D eigenvalue weighted by Crippen LogP contribution is -2.21. The van der Waals surface area contributed by atoms with Crippen molar-refractivity contribution in [3.05, 3.63) is 59.8 Å². The molecule has 0 spiro atoms. The highest BCUT2D eigenvalue weighted by Gasteiger charge is 2.10. The molecule has 2 aromatic carbocycles. The predicted molar refractivity (Wildman–Crippen MR) is 118 cm³/mol. The number of hydrogen-bond acceptors (Lipinski definition) is 5. The molecule has 29 heavy (non-hydrogen) atoms. The number of amides is 1. The van der Waals surface area contributed by atoms with Crippen LogP contribution in [0.25, 0.3) is 0 Å². The maximum Gasteiger partial charge on any atom is 0.267 e. The molecule has 0 bridgehead atoms. The molecule has 6 nitrogen and oxygen atoms in total. The third kappa shape index (κ3) is 6.01. The van der Waals surface area contributed by atoms with Gasteiger partial charge in [-0.2, -0.15) is 5.26 Å². The highest BCUT2D eigenvalue weighted by atomic mass is 16.5. The SMILES string of the molecule is CCOc1ccc(NC(=O)/C(C#N)=C\Nc2ccc(N(CC)CC)cc2C)cc1. The number of aryl methyl sites for hydroxylation is 1. The summed E-state index contributed by atoms with van der Waals surface area (Å²) in [6.07, 6.45) is 1.43. The Bertz CT molecular complexity index is 894. The van der Waals surface area contributed by atoms with Gasteiger partial charge in [-0.1, -0.05) is 0 Å². The lowest BCUT2D eigenvalue weighted by atomic mass is 10.1. The summed E-state index contributed by atoms with van der Waals surface area (Å²) in [5.74, 6) is 0.258. The normalized spacial score (nSPS) is 10.8. The second-order valence-corrected chi connectivity index (χ2v) is 6.40. The molecule has 0 saturated carbocycles. The second-order valence-electron chi connectivity index (χ2n) is 6.40. The molecule has 0 fully saturated rings. The van der Waals surface area contributed by atoms with Crippen molar-refractivity contribution in [1.82, 2.24) is 0 Å². The van der Waals surface area contributed by atoms with Gasteiger partial charge in [0.05, 0.1) is 6.61 Å². The van der Waals surface area contributed by atoms with Crippen LogP contribution in [0.4, 0.5) is 17.1 Å². The van der Waals surface area contributed by atoms with Crippen LogP contribution in [0.5, 0.6) is 5.75 Å². The maximum atomic E-state index is 12.4. The number of benzene rings is 2. The van der Waals surface area contributed by atoms with Gasteiger partial charge in [0.25, 0.3) is 5.91 Å². The summed E-state index contributed by atoms with van der Waals surface area (Å²) in [5, 5.41) is 15.2. The van der Waals surface area contributed by atoms with Crippen LogP contribution in [0.2, 0.25) is 0 Å². The number of anilines is 3. The molecule has 0 aliphatic carbocycles. The summed E-state index contributed by atoms with van der Waals surface area (Å²) in [5.41, 5.74) is 3.62. The molecule has 2 N–H and O–H groups in total. The van der Waals surface area contributed by atoms with Crippen molar-refractivity contribution in [2.45, 2.75) is 27.7 Å². The summed E-state index contributed by atoms with van der Waals surface area (Å²) in [7, 11) is 0. The van der Waals surface area contributed by atoms with Crippen molar-refractivity contribution >= 4 is 23.0 Å². The van der Waals surface area contributed by atoms with Gasteiger partial charge in [-0.3, -0.25) is 4.79 Å². The Morgan fingerprint density at radius 1 is 1.14 bits per heavy atom. The van der Waals surface area contributed by atoms with Crippen molar-refractivity contribution in [2.24, 2.45) is 0 Å². The lowest BCUT2D eigenvalue weighted by molar-refractivity contribution is -0.112. The molecule has 0 aliphatic heterocycles. The first-order chi connectivity index (χ1) is 14.0. The van der Waals surface area contributed by atoms with Crippen molar-refractivity contribution in [2.75, 3.05) is 35.2 Å². The Morgan fingerprint density at radius 3 is 2.38 bits per heavy atom. The number of rotatable bonds is 9. The van der Waals surface area contributed by atoms with E-state index in [1.165, 1.54) is 6.20 Å². The van der Waals surface area contributed by atoms with Gasteiger partial charge >= 0.3 is 0 Å². The van der Waals surface area contributed by atoms with Crippen LogP contribution in [0, 0.1) is 18.3 Å². The number of nitriles is 1. The van der Waals surface area contributed by atoms with E-state index < -0.39 is 5.91 Å². The van der Waals surface area contributed by atoms with E-state index in [0.29, 0.717) is 12.3 Å². The Kier molecular flexibility index (Phi) is 8.11. The van der Waals surface area contributed by atoms with Crippen LogP contribution < -0.4 is 20.3 Å². The van der Waals surface area contributed by atoms with E-state index in [0.717, 1.165) is 35.8 Å². The molecule has 0 aliphatic rings. The zero-order valence-electron chi connectivity index (χ0n) is 17.5. The molecule has 2 aromatic rings. The number of hydrogen-bond donors (Lipinski definition) is 2. The minimum atomic E-state index is -0.471. The largest absolute Gasteiger partial charge is 0.494 e. The van der Waals surface area contributed by atoms with E-state index in [-0.39, 0.29) is 5.57 Å². The van der Waals surface area contributed by atoms with Gasteiger partial charge in [0, 0.05) is 36.4 Å². The zero-order valence-corrected chi connectivity index (χ0v) is 17.5. The fraction of sp³-hybridized carbons (Fsp3) is 0.304. The third-order valence-electron chi connectivity index (χ3n) is 4.50. The summed E-state index contributed by atoms with van der Waals surface area (Å²) in [4.78, 5) is 14.7. The Balaban J connectivity index is 2.07. The topological polar surface area (TPSA) is 77.4 Å². The second kappa shape index (κ2) is 10.8. The van der Waals surface area contributed by atoms with Crippen LogP contribution in [0.3, 0.4) is 0 Å². The van der Waals surface area contributed by atoms with Gasteiger partial charge in [-0.05, 0) is 75.7 Å². The monoisotopic (exact) mass is 392 g/mol. The average molecular weight is 393 g/mol. The number of carbonyl (C=O) groups is 1. The number of nitrogens with one attached hydrogen (secondary N) is 2. The maximum absolute atomic E-state index is 12.4. The molecule has 0 radical (unpaired) electrons. The van der Waals surface area contributed by atoms with E-state index in [9.17, 15) is 10.1 Å². The van der Waals surface area contributed by atoms with Gasteiger partial charge in [-0.25, -0.2) is 0 Å². The summed E-state index contributed by atoms with van der Waals surface area (Å²) in [6.45, 7) is 10.6. The van der Waals surface area contributed by atoms with Crippen LogP contribution >= 0.6 is 0 Å². The fourth-order valence-corrected chi connectivity index (χ4v) is 2.89. The Morgan fingerprint density at radius 2 is 1.83 bits per heavy atom. The van der Waals surface area contributed by atoms with Crippen molar-refractivity contribution in [3.8, 4) is 11.8 Å². The molecule has 0 atom stereocenters. The first-order valence-corrected chi connectivity index (χ1v) is 9.78. The van der Waals surface area contributed by atoms with Crippen LogP contribution in [-0.4, -0.2) is 25.6 Å². The summed E-state index contributed by atoms with van der Waals surface area (Å²) >= 11 is 0. The molecular weight excluding hydrogens is 364 g/mol. The summed E-state index contributed by atoms with van der Waals surface area (Å²) < 4.78 is 5.38. The zero-order chi connectivity index (χ0) is 21.2. The van der Waals surface area contributed by atoms with Gasteiger partial charge in [-0.15, -0.1) is 0 Å². The molecular formula is C23H28N4O2. The van der Waals surface area contributed by atoms with Gasteiger partial charge < -0.3 is 20.3 Å². The molecule has 2 rings (SSSR count). The molecule has 6 heteroatoms. The van der Waals surface area contributed by atoms with Gasteiger partial charge in [0.2, 0.25) is 0 Å². The first-order valence-electron chi connectivity index (χ1n) is 9.78. The molecule has 0 aromatic heterocycles. The smallest absolute Gasteiger partial charge is 0.267 e. The quantitative estimate of drug-likeness (QED) is 0.478. The van der Waals surface area contributed by atoms with Crippen LogP contribution in [0.15, 0.2) is 54.2 Å². The van der Waals surface area contributed by atoms with Gasteiger partial charge in [0.1, 0.15) is 17.4 Å². The highest BCUT2D eigenvalue weighted by molar-refractivity contribution is 6.06. The van der Waals surface area contributed by atoms with E-state index in [2.05, 4.69) is 35.4 Å². The van der Waals surface area contributed by atoms with Crippen LogP contribution in [0.1, 0.15) is 26.3 Å². The van der Waals surface area contributed by atoms with Crippen molar-refractivity contribution in [3.63, 3.8) is 0 Å². The highest BCUT2D eigenvalue weighted by Crippen LogP contribution is 2.23.